The van der Waals surface area contributed by atoms with Gasteiger partial charge in [0.1, 0.15) is 0 Å². The van der Waals surface area contributed by atoms with Gasteiger partial charge in [-0.15, -0.1) is 0 Å². The molecular formula is C23H29NO2S. The lowest BCUT2D eigenvalue weighted by molar-refractivity contribution is 0.591. The first-order valence-electron chi connectivity index (χ1n) is 9.97. The summed E-state index contributed by atoms with van der Waals surface area (Å²) in [6.45, 7) is 2.19. The minimum Gasteiger partial charge on any atom is -0.361 e. The molecule has 1 N–H and O–H groups in total. The third kappa shape index (κ3) is 5.23. The van der Waals surface area contributed by atoms with Gasteiger partial charge in [0.2, 0.25) is 0 Å². The minimum atomic E-state index is -3.19. The van der Waals surface area contributed by atoms with Crippen LogP contribution in [0, 0.1) is 0 Å². The SMILES string of the molecule is CCCCCc1ccc(S(=O)(=O)CCCCc2c[nH]c3ccccc23)cc1. The maximum Gasteiger partial charge on any atom is 0.178 e. The highest BCUT2D eigenvalue weighted by Gasteiger charge is 2.14. The van der Waals surface area contributed by atoms with Crippen LogP contribution in [0.15, 0.2) is 59.6 Å². The predicted molar refractivity (Wildman–Crippen MR) is 113 cm³/mol. The molecule has 0 spiro atoms. The number of sulfone groups is 1. The Labute approximate surface area is 162 Å². The number of aryl methyl sites for hydroxylation is 2. The van der Waals surface area contributed by atoms with E-state index in [1.54, 1.807) is 12.1 Å². The average molecular weight is 384 g/mol. The first-order chi connectivity index (χ1) is 13.1. The number of rotatable bonds is 10. The van der Waals surface area contributed by atoms with E-state index in [0.29, 0.717) is 11.3 Å². The largest absolute Gasteiger partial charge is 0.361 e. The quantitative estimate of drug-likeness (QED) is 0.457. The number of para-hydroxylation sites is 1. The zero-order valence-corrected chi connectivity index (χ0v) is 16.9. The van der Waals surface area contributed by atoms with Crippen molar-refractivity contribution in [2.24, 2.45) is 0 Å². The molecular weight excluding hydrogens is 354 g/mol. The summed E-state index contributed by atoms with van der Waals surface area (Å²) < 4.78 is 25.1. The Hall–Kier alpha value is -2.07. The normalized spacial score (nSPS) is 11.9. The lowest BCUT2D eigenvalue weighted by Gasteiger charge is -2.06. The van der Waals surface area contributed by atoms with E-state index in [4.69, 9.17) is 0 Å². The second-order valence-corrected chi connectivity index (χ2v) is 9.35. The van der Waals surface area contributed by atoms with Crippen LogP contribution in [0.1, 0.15) is 50.2 Å². The number of H-pyrrole nitrogens is 1. The van der Waals surface area contributed by atoms with Crippen molar-refractivity contribution in [3.63, 3.8) is 0 Å². The van der Waals surface area contributed by atoms with Crippen molar-refractivity contribution in [2.45, 2.75) is 56.8 Å². The van der Waals surface area contributed by atoms with Gasteiger partial charge in [0, 0.05) is 17.1 Å². The number of fused-ring (bicyclic) bond motifs is 1. The van der Waals surface area contributed by atoms with Crippen LogP contribution in [0.25, 0.3) is 10.9 Å². The lowest BCUT2D eigenvalue weighted by atomic mass is 10.1. The zero-order valence-electron chi connectivity index (χ0n) is 16.1. The van der Waals surface area contributed by atoms with Crippen LogP contribution < -0.4 is 0 Å². The molecule has 0 saturated heterocycles. The molecule has 3 aromatic rings. The van der Waals surface area contributed by atoms with Crippen molar-refractivity contribution < 1.29 is 8.42 Å². The van der Waals surface area contributed by atoms with Crippen molar-refractivity contribution in [3.8, 4) is 0 Å². The number of hydrogen-bond acceptors (Lipinski definition) is 2. The molecule has 0 aliphatic heterocycles. The Bertz CT molecular complexity index is 955. The van der Waals surface area contributed by atoms with E-state index in [0.717, 1.165) is 31.2 Å². The molecule has 0 amide bonds. The van der Waals surface area contributed by atoms with E-state index < -0.39 is 9.84 Å². The molecule has 0 aliphatic rings. The van der Waals surface area contributed by atoms with Gasteiger partial charge in [0.15, 0.2) is 9.84 Å². The van der Waals surface area contributed by atoms with Crippen molar-refractivity contribution in [3.05, 3.63) is 65.9 Å². The molecule has 4 heteroatoms. The molecule has 0 radical (unpaired) electrons. The summed E-state index contributed by atoms with van der Waals surface area (Å²) >= 11 is 0. The highest BCUT2D eigenvalue weighted by atomic mass is 32.2. The van der Waals surface area contributed by atoms with Crippen molar-refractivity contribution in [1.82, 2.24) is 4.98 Å². The van der Waals surface area contributed by atoms with Crippen LogP contribution in [0.4, 0.5) is 0 Å². The van der Waals surface area contributed by atoms with E-state index in [2.05, 4.69) is 24.0 Å². The average Bonchev–Trinajstić information content (AvgIpc) is 3.09. The van der Waals surface area contributed by atoms with Crippen LogP contribution >= 0.6 is 0 Å². The van der Waals surface area contributed by atoms with E-state index >= 15 is 0 Å². The first-order valence-corrected chi connectivity index (χ1v) is 11.6. The molecule has 0 saturated carbocycles. The summed E-state index contributed by atoms with van der Waals surface area (Å²) in [7, 11) is -3.19. The number of hydrogen-bond donors (Lipinski definition) is 1. The Balaban J connectivity index is 1.51. The topological polar surface area (TPSA) is 49.9 Å². The van der Waals surface area contributed by atoms with E-state index in [-0.39, 0.29) is 5.75 Å². The summed E-state index contributed by atoms with van der Waals surface area (Å²) in [4.78, 5) is 3.73. The molecule has 0 fully saturated rings. The highest BCUT2D eigenvalue weighted by Crippen LogP contribution is 2.20. The smallest absolute Gasteiger partial charge is 0.178 e. The maximum absolute atomic E-state index is 12.6. The Kier molecular flexibility index (Phi) is 6.73. The van der Waals surface area contributed by atoms with Crippen molar-refractivity contribution in [1.29, 1.82) is 0 Å². The van der Waals surface area contributed by atoms with Gasteiger partial charge in [-0.05, 0) is 61.4 Å². The van der Waals surface area contributed by atoms with Gasteiger partial charge in [0.05, 0.1) is 10.6 Å². The summed E-state index contributed by atoms with van der Waals surface area (Å²) in [5.74, 6) is 0.213. The first kappa shape index (κ1) is 19.7. The van der Waals surface area contributed by atoms with Gasteiger partial charge in [-0.3, -0.25) is 0 Å². The number of aromatic amines is 1. The molecule has 3 rings (SSSR count). The van der Waals surface area contributed by atoms with Crippen molar-refractivity contribution >= 4 is 20.7 Å². The molecule has 0 unspecified atom stereocenters. The second kappa shape index (κ2) is 9.23. The third-order valence-corrected chi connectivity index (χ3v) is 6.95. The number of unbranched alkanes of at least 4 members (excludes halogenated alkanes) is 3. The van der Waals surface area contributed by atoms with Gasteiger partial charge < -0.3 is 4.98 Å². The molecule has 1 heterocycles. The third-order valence-electron chi connectivity index (χ3n) is 5.14. The summed E-state index contributed by atoms with van der Waals surface area (Å²) in [6.07, 6.45) is 9.10. The second-order valence-electron chi connectivity index (χ2n) is 7.24. The fourth-order valence-electron chi connectivity index (χ4n) is 3.51. The van der Waals surface area contributed by atoms with Crippen LogP contribution in [0.3, 0.4) is 0 Å². The summed E-state index contributed by atoms with van der Waals surface area (Å²) in [5.41, 5.74) is 3.63. The molecule has 0 atom stereocenters. The Morgan fingerprint density at radius 2 is 1.59 bits per heavy atom. The molecule has 0 bridgehead atoms. The fraction of sp³-hybridized carbons (Fsp3) is 0.391. The molecule has 1 aromatic heterocycles. The van der Waals surface area contributed by atoms with Crippen LogP contribution in [0.5, 0.6) is 0 Å². The Morgan fingerprint density at radius 3 is 2.37 bits per heavy atom. The van der Waals surface area contributed by atoms with Gasteiger partial charge in [-0.2, -0.15) is 0 Å². The lowest BCUT2D eigenvalue weighted by Crippen LogP contribution is -2.07. The highest BCUT2D eigenvalue weighted by molar-refractivity contribution is 7.91. The summed E-state index contributed by atoms with van der Waals surface area (Å²) in [6, 6.07) is 15.7. The van der Waals surface area contributed by atoms with Gasteiger partial charge in [-0.25, -0.2) is 8.42 Å². The molecule has 144 valence electrons. The minimum absolute atomic E-state index is 0.213. The standard InChI is InChI=1S/C23H29NO2S/c1-2-3-4-9-19-13-15-21(16-14-19)27(25,26)17-8-7-10-20-18-24-23-12-6-5-11-22(20)23/h5-6,11-16,18,24H,2-4,7-10,17H2,1H3. The summed E-state index contributed by atoms with van der Waals surface area (Å²) in [5, 5.41) is 1.24. The van der Waals surface area contributed by atoms with E-state index in [1.807, 2.05) is 30.5 Å². The number of benzene rings is 2. The van der Waals surface area contributed by atoms with Crippen LogP contribution in [-0.2, 0) is 22.7 Å². The van der Waals surface area contributed by atoms with Gasteiger partial charge in [0.25, 0.3) is 0 Å². The van der Waals surface area contributed by atoms with Crippen molar-refractivity contribution in [2.75, 3.05) is 5.75 Å². The maximum atomic E-state index is 12.6. The predicted octanol–water partition coefficient (Wildman–Crippen LogP) is 5.70. The molecule has 2 aromatic carbocycles. The zero-order chi connectivity index (χ0) is 19.1. The molecule has 27 heavy (non-hydrogen) atoms. The Morgan fingerprint density at radius 1 is 0.852 bits per heavy atom. The monoisotopic (exact) mass is 383 g/mol. The number of nitrogens with one attached hydrogen (secondary N) is 1. The van der Waals surface area contributed by atoms with Gasteiger partial charge >= 0.3 is 0 Å². The fourth-order valence-corrected chi connectivity index (χ4v) is 4.88. The number of aromatic nitrogens is 1. The van der Waals surface area contributed by atoms with Gasteiger partial charge in [-0.1, -0.05) is 50.1 Å². The van der Waals surface area contributed by atoms with Crippen LogP contribution in [0.2, 0.25) is 0 Å². The molecule has 0 aliphatic carbocycles. The van der Waals surface area contributed by atoms with E-state index in [1.165, 1.54) is 29.4 Å². The van der Waals surface area contributed by atoms with E-state index in [9.17, 15) is 8.42 Å². The van der Waals surface area contributed by atoms with Crippen LogP contribution in [-0.4, -0.2) is 19.2 Å². The molecule has 3 nitrogen and oxygen atoms in total.